The highest BCUT2D eigenvalue weighted by atomic mass is 31.2. The van der Waals surface area contributed by atoms with Crippen LogP contribution in [0.5, 0.6) is 0 Å². The van der Waals surface area contributed by atoms with E-state index in [1.54, 1.807) is 0 Å². The van der Waals surface area contributed by atoms with Gasteiger partial charge < -0.3 is 33.8 Å². The first-order chi connectivity index (χ1) is 42.8. The van der Waals surface area contributed by atoms with E-state index in [2.05, 4.69) is 48.5 Å². The molecule has 0 fully saturated rings. The topological polar surface area (TPSA) is 237 Å². The Morgan fingerprint density at radius 2 is 0.573 bits per heavy atom. The van der Waals surface area contributed by atoms with Gasteiger partial charge in [0.1, 0.15) is 19.3 Å². The summed E-state index contributed by atoms with van der Waals surface area (Å²) in [5, 5.41) is 10.6. The summed E-state index contributed by atoms with van der Waals surface area (Å²) >= 11 is 0. The third-order valence-corrected chi connectivity index (χ3v) is 18.4. The number of phosphoric ester groups is 2. The zero-order valence-electron chi connectivity index (χ0n) is 57.9. The van der Waals surface area contributed by atoms with Crippen molar-refractivity contribution in [3.05, 3.63) is 0 Å². The standard InChI is InChI=1S/C70H136O17P2/c1-8-10-11-12-13-14-23-30-37-44-51-67(72)80-58-66(87-70(75)54-47-40-33-26-28-35-42-49-62(5)6)60-85-89(78,79)83-56-64(71)55-82-88(76,77)84-59-65(57-81-68(73)52-45-38-31-24-20-19-22-29-36-43-50-63(7)9-2)86-69(74)53-46-39-32-25-18-16-15-17-21-27-34-41-48-61(3)4/h61-66,71H,8-60H2,1-7H3,(H,76,77)(H,78,79)/t63?,64-,65-,66-/m1/s1. The first-order valence-electron chi connectivity index (χ1n) is 36.4. The third-order valence-electron chi connectivity index (χ3n) is 16.5. The van der Waals surface area contributed by atoms with E-state index in [4.69, 9.17) is 37.0 Å². The van der Waals surface area contributed by atoms with Gasteiger partial charge in [0, 0.05) is 25.7 Å². The number of phosphoric acid groups is 2. The van der Waals surface area contributed by atoms with Gasteiger partial charge in [-0.3, -0.25) is 37.3 Å². The predicted octanol–water partition coefficient (Wildman–Crippen LogP) is 19.8. The van der Waals surface area contributed by atoms with Gasteiger partial charge in [0.25, 0.3) is 0 Å². The van der Waals surface area contributed by atoms with Gasteiger partial charge in [-0.15, -0.1) is 0 Å². The molecule has 0 radical (unpaired) electrons. The molecular formula is C70H136O17P2. The molecule has 0 aliphatic heterocycles. The van der Waals surface area contributed by atoms with Crippen molar-refractivity contribution >= 4 is 39.5 Å². The van der Waals surface area contributed by atoms with Crippen LogP contribution in [0.25, 0.3) is 0 Å². The number of aliphatic hydroxyl groups excluding tert-OH is 1. The van der Waals surface area contributed by atoms with Crippen LogP contribution in [0.1, 0.15) is 350 Å². The summed E-state index contributed by atoms with van der Waals surface area (Å²) in [6.45, 7) is 11.8. The molecule has 89 heavy (non-hydrogen) atoms. The minimum Gasteiger partial charge on any atom is -0.462 e. The summed E-state index contributed by atoms with van der Waals surface area (Å²) in [4.78, 5) is 72.5. The second-order valence-electron chi connectivity index (χ2n) is 26.5. The van der Waals surface area contributed by atoms with Gasteiger partial charge in [0.15, 0.2) is 12.2 Å². The fourth-order valence-corrected chi connectivity index (χ4v) is 12.1. The Labute approximate surface area is 543 Å². The lowest BCUT2D eigenvalue weighted by Crippen LogP contribution is -2.30. The van der Waals surface area contributed by atoms with E-state index >= 15 is 0 Å². The summed E-state index contributed by atoms with van der Waals surface area (Å²) in [5.74, 6) is 0.154. The molecule has 0 aliphatic carbocycles. The van der Waals surface area contributed by atoms with Crippen LogP contribution >= 0.6 is 15.6 Å². The molecule has 528 valence electrons. The van der Waals surface area contributed by atoms with Crippen LogP contribution in [-0.4, -0.2) is 96.7 Å². The van der Waals surface area contributed by atoms with E-state index in [1.165, 1.54) is 161 Å². The van der Waals surface area contributed by atoms with Crippen molar-refractivity contribution in [2.45, 2.75) is 369 Å². The molecule has 6 atom stereocenters. The summed E-state index contributed by atoms with van der Waals surface area (Å²) < 4.78 is 68.3. The predicted molar refractivity (Wildman–Crippen MR) is 358 cm³/mol. The first kappa shape index (κ1) is 87.1. The Kier molecular flexibility index (Phi) is 59.6. The number of carbonyl (C=O) groups is 4. The molecule has 0 aromatic heterocycles. The van der Waals surface area contributed by atoms with Crippen molar-refractivity contribution in [1.82, 2.24) is 0 Å². The zero-order chi connectivity index (χ0) is 65.9. The number of aliphatic hydroxyl groups is 1. The molecule has 19 heteroatoms. The van der Waals surface area contributed by atoms with E-state index in [1.807, 2.05) is 0 Å². The zero-order valence-corrected chi connectivity index (χ0v) is 59.7. The highest BCUT2D eigenvalue weighted by Crippen LogP contribution is 2.45. The molecule has 0 amide bonds. The van der Waals surface area contributed by atoms with Crippen LogP contribution < -0.4 is 0 Å². The molecule has 0 aliphatic rings. The molecule has 0 aromatic carbocycles. The normalized spacial score (nSPS) is 14.5. The number of esters is 4. The molecule has 0 saturated heterocycles. The van der Waals surface area contributed by atoms with Crippen molar-refractivity contribution < 1.29 is 80.2 Å². The van der Waals surface area contributed by atoms with Gasteiger partial charge in [0.2, 0.25) is 0 Å². The lowest BCUT2D eigenvalue weighted by atomic mass is 9.99. The maximum atomic E-state index is 13.0. The first-order valence-corrected chi connectivity index (χ1v) is 39.4. The molecule has 3 unspecified atom stereocenters. The Balaban J connectivity index is 5.25. The van der Waals surface area contributed by atoms with E-state index in [0.29, 0.717) is 31.6 Å². The van der Waals surface area contributed by atoms with E-state index < -0.39 is 97.5 Å². The molecule has 3 N–H and O–H groups in total. The van der Waals surface area contributed by atoms with Crippen LogP contribution in [-0.2, 0) is 65.4 Å². The van der Waals surface area contributed by atoms with Crippen LogP contribution in [0.2, 0.25) is 0 Å². The third kappa shape index (κ3) is 63.2. The summed E-state index contributed by atoms with van der Waals surface area (Å²) in [5.41, 5.74) is 0. The molecule has 0 aromatic rings. The molecule has 17 nitrogen and oxygen atoms in total. The maximum Gasteiger partial charge on any atom is 0.472 e. The Hall–Kier alpha value is -1.94. The lowest BCUT2D eigenvalue weighted by molar-refractivity contribution is -0.161. The highest BCUT2D eigenvalue weighted by molar-refractivity contribution is 7.47. The number of unbranched alkanes of at least 4 members (excludes halogenated alkanes) is 35. The maximum absolute atomic E-state index is 13.0. The minimum absolute atomic E-state index is 0.103. The SMILES string of the molecule is CCCCCCCCCCCCC(=O)OC[C@H](COP(=O)(O)OC[C@H](O)COP(=O)(O)OC[C@@H](COC(=O)CCCCCCCCCCCCC(C)CC)OC(=O)CCCCCCCCCCCCCCC(C)C)OC(=O)CCCCCCCCCC(C)C. The van der Waals surface area contributed by atoms with Gasteiger partial charge in [-0.25, -0.2) is 9.13 Å². The minimum atomic E-state index is -4.95. The van der Waals surface area contributed by atoms with Gasteiger partial charge >= 0.3 is 39.5 Å². The Morgan fingerprint density at radius 3 is 0.854 bits per heavy atom. The molecule has 0 rings (SSSR count). The summed E-state index contributed by atoms with van der Waals surface area (Å²) in [6.07, 6.45) is 44.4. The second-order valence-corrected chi connectivity index (χ2v) is 29.4. The van der Waals surface area contributed by atoms with Crippen molar-refractivity contribution in [3.63, 3.8) is 0 Å². The van der Waals surface area contributed by atoms with Crippen molar-refractivity contribution in [1.29, 1.82) is 0 Å². The Morgan fingerprint density at radius 1 is 0.326 bits per heavy atom. The quantitative estimate of drug-likeness (QED) is 0.0222. The van der Waals surface area contributed by atoms with Gasteiger partial charge in [-0.2, -0.15) is 0 Å². The van der Waals surface area contributed by atoms with Crippen molar-refractivity contribution in [3.8, 4) is 0 Å². The highest BCUT2D eigenvalue weighted by Gasteiger charge is 2.30. The van der Waals surface area contributed by atoms with Crippen molar-refractivity contribution in [2.24, 2.45) is 17.8 Å². The van der Waals surface area contributed by atoms with E-state index in [-0.39, 0.29) is 25.7 Å². The monoisotopic (exact) mass is 1310 g/mol. The van der Waals surface area contributed by atoms with Gasteiger partial charge in [-0.05, 0) is 43.4 Å². The van der Waals surface area contributed by atoms with E-state index in [9.17, 15) is 43.2 Å². The van der Waals surface area contributed by atoms with Crippen LogP contribution in [0.15, 0.2) is 0 Å². The van der Waals surface area contributed by atoms with Crippen molar-refractivity contribution in [2.75, 3.05) is 39.6 Å². The fraction of sp³-hybridized carbons (Fsp3) is 0.943. The Bertz CT molecular complexity index is 1750. The number of carbonyl (C=O) groups excluding carboxylic acids is 4. The smallest absolute Gasteiger partial charge is 0.462 e. The average molecular weight is 1310 g/mol. The summed E-state index contributed by atoms with van der Waals surface area (Å²) in [6, 6.07) is 0. The molecular weight excluding hydrogens is 1170 g/mol. The molecule has 0 bridgehead atoms. The number of hydrogen-bond acceptors (Lipinski definition) is 15. The summed E-state index contributed by atoms with van der Waals surface area (Å²) in [7, 11) is -9.90. The second kappa shape index (κ2) is 61.0. The lowest BCUT2D eigenvalue weighted by Gasteiger charge is -2.21. The molecule has 0 spiro atoms. The number of hydrogen-bond donors (Lipinski definition) is 3. The van der Waals surface area contributed by atoms with Crippen LogP contribution in [0.4, 0.5) is 0 Å². The van der Waals surface area contributed by atoms with Gasteiger partial charge in [-0.1, -0.05) is 299 Å². The number of rotatable bonds is 68. The average Bonchev–Trinajstić information content (AvgIpc) is 3.52. The largest absolute Gasteiger partial charge is 0.472 e. The molecule has 0 heterocycles. The molecule has 0 saturated carbocycles. The fourth-order valence-electron chi connectivity index (χ4n) is 10.5. The number of ether oxygens (including phenoxy) is 4. The van der Waals surface area contributed by atoms with Crippen LogP contribution in [0.3, 0.4) is 0 Å². The van der Waals surface area contributed by atoms with E-state index in [0.717, 1.165) is 102 Å². The van der Waals surface area contributed by atoms with Crippen LogP contribution in [0, 0.1) is 17.8 Å². The van der Waals surface area contributed by atoms with Gasteiger partial charge in [0.05, 0.1) is 26.4 Å².